The van der Waals surface area contributed by atoms with Crippen LogP contribution in [-0.4, -0.2) is 30.2 Å². The second kappa shape index (κ2) is 8.81. The van der Waals surface area contributed by atoms with E-state index in [9.17, 15) is 14.4 Å². The van der Waals surface area contributed by atoms with Crippen molar-refractivity contribution in [3.05, 3.63) is 76.4 Å². The van der Waals surface area contributed by atoms with Crippen molar-refractivity contribution in [3.8, 4) is 28.5 Å². The lowest BCUT2D eigenvalue weighted by Gasteiger charge is -2.13. The Hall–Kier alpha value is -4.09. The molecule has 4 rings (SSSR count). The third kappa shape index (κ3) is 3.95. The summed E-state index contributed by atoms with van der Waals surface area (Å²) >= 11 is 0. The zero-order valence-corrected chi connectivity index (χ0v) is 18.3. The Morgan fingerprint density at radius 1 is 1.12 bits per heavy atom. The normalized spacial score (nSPS) is 10.9. The number of nitrogens with one attached hydrogen (secondary N) is 3. The smallest absolute Gasteiger partial charge is 0.253 e. The van der Waals surface area contributed by atoms with Crippen molar-refractivity contribution in [1.29, 1.82) is 5.26 Å². The molecule has 8 heteroatoms. The number of amides is 1. The fourth-order valence-electron chi connectivity index (χ4n) is 4.03. The molecule has 3 aromatic carbocycles. The number of hydrogen-bond donors (Lipinski definition) is 3. The number of nitriles is 1. The minimum absolute atomic E-state index is 0.0760. The van der Waals surface area contributed by atoms with E-state index in [0.29, 0.717) is 51.0 Å². The van der Waals surface area contributed by atoms with E-state index in [2.05, 4.69) is 26.9 Å². The second-order valence-corrected chi connectivity index (χ2v) is 7.70. The highest BCUT2D eigenvalue weighted by molar-refractivity contribution is 5.99. The number of fused-ring (bicyclic) bond motifs is 1. The van der Waals surface area contributed by atoms with Crippen LogP contribution < -0.4 is 10.6 Å². The van der Waals surface area contributed by atoms with Crippen molar-refractivity contribution in [2.75, 3.05) is 14.1 Å². The van der Waals surface area contributed by atoms with Gasteiger partial charge < -0.3 is 10.6 Å². The first kappa shape index (κ1) is 22.1. The fourth-order valence-corrected chi connectivity index (χ4v) is 4.03. The van der Waals surface area contributed by atoms with E-state index < -0.39 is 17.5 Å². The topological polar surface area (TPSA) is 93.6 Å². The maximum atomic E-state index is 15.1. The third-order valence-corrected chi connectivity index (χ3v) is 5.53. The average Bonchev–Trinajstić information content (AvgIpc) is 3.20. The summed E-state index contributed by atoms with van der Waals surface area (Å²) < 4.78 is 29.7. The van der Waals surface area contributed by atoms with Gasteiger partial charge in [0.05, 0.1) is 22.7 Å². The Balaban J connectivity index is 1.90. The number of aryl methyl sites for hydroxylation is 1. The first-order chi connectivity index (χ1) is 15.9. The van der Waals surface area contributed by atoms with Crippen LogP contribution in [-0.2, 0) is 6.54 Å². The zero-order valence-electron chi connectivity index (χ0n) is 18.3. The van der Waals surface area contributed by atoms with E-state index in [-0.39, 0.29) is 5.56 Å². The Kier molecular flexibility index (Phi) is 5.90. The van der Waals surface area contributed by atoms with E-state index in [0.717, 1.165) is 5.56 Å². The number of carbonyl (C=O) groups excluding carboxylic acids is 1. The van der Waals surface area contributed by atoms with Gasteiger partial charge in [0.2, 0.25) is 0 Å². The Morgan fingerprint density at radius 3 is 2.55 bits per heavy atom. The first-order valence-corrected chi connectivity index (χ1v) is 10.3. The first-order valence-electron chi connectivity index (χ1n) is 10.3. The maximum absolute atomic E-state index is 15.1. The van der Waals surface area contributed by atoms with Gasteiger partial charge in [0.1, 0.15) is 17.3 Å². The van der Waals surface area contributed by atoms with Gasteiger partial charge in [0.25, 0.3) is 5.91 Å². The molecule has 1 aromatic heterocycles. The fraction of sp³-hybridized carbons (Fsp3) is 0.160. The molecular weight excluding hydrogens is 424 g/mol. The van der Waals surface area contributed by atoms with E-state index in [4.69, 9.17) is 0 Å². The van der Waals surface area contributed by atoms with E-state index in [1.807, 2.05) is 6.07 Å². The van der Waals surface area contributed by atoms with E-state index in [1.54, 1.807) is 32.2 Å². The average molecular weight is 445 g/mol. The van der Waals surface area contributed by atoms with Gasteiger partial charge in [-0.15, -0.1) is 0 Å². The van der Waals surface area contributed by atoms with E-state index >= 15 is 4.39 Å². The lowest BCUT2D eigenvalue weighted by molar-refractivity contribution is 0.0959. The number of aromatic nitrogens is 2. The Labute approximate surface area is 189 Å². The van der Waals surface area contributed by atoms with Crippen LogP contribution in [0.3, 0.4) is 0 Å². The summed E-state index contributed by atoms with van der Waals surface area (Å²) in [6.45, 7) is 2.32. The SMILES string of the molecule is CNCc1cc(C)c(-c2cc3c(-c4ccc(C(=O)NC)c(F)c4)n[nH]c3cc2C#N)c(F)c1. The van der Waals surface area contributed by atoms with Gasteiger partial charge in [-0.05, 0) is 55.4 Å². The van der Waals surface area contributed by atoms with Gasteiger partial charge >= 0.3 is 0 Å². The summed E-state index contributed by atoms with van der Waals surface area (Å²) in [6, 6.07) is 13.0. The number of H-pyrrole nitrogens is 1. The third-order valence-electron chi connectivity index (χ3n) is 5.53. The molecule has 0 saturated heterocycles. The van der Waals surface area contributed by atoms with Crippen molar-refractivity contribution >= 4 is 16.8 Å². The molecule has 3 N–H and O–H groups in total. The molecule has 0 fully saturated rings. The standard InChI is InChI=1S/C25H21F2N5O/c1-13-6-14(12-29-2)7-21(27)23(13)18-10-19-22(9-16(18)11-28)31-32-24(19)15-4-5-17(20(26)8-15)25(33)30-3/h4-10,29H,12H2,1-3H3,(H,30,33)(H,31,32). The number of nitrogens with zero attached hydrogens (tertiary/aromatic N) is 2. The maximum Gasteiger partial charge on any atom is 0.253 e. The summed E-state index contributed by atoms with van der Waals surface area (Å²) in [5, 5.41) is 22.9. The molecule has 166 valence electrons. The molecule has 6 nitrogen and oxygen atoms in total. The number of hydrogen-bond acceptors (Lipinski definition) is 4. The van der Waals surface area contributed by atoms with Gasteiger partial charge in [-0.25, -0.2) is 8.78 Å². The van der Waals surface area contributed by atoms with Crippen molar-refractivity contribution in [2.24, 2.45) is 0 Å². The lowest BCUT2D eigenvalue weighted by Crippen LogP contribution is -2.19. The van der Waals surface area contributed by atoms with Crippen molar-refractivity contribution in [2.45, 2.75) is 13.5 Å². The predicted octanol–water partition coefficient (Wildman–Crippen LogP) is 4.43. The van der Waals surface area contributed by atoms with Gasteiger partial charge in [-0.2, -0.15) is 10.4 Å². The van der Waals surface area contributed by atoms with Crippen molar-refractivity contribution in [1.82, 2.24) is 20.8 Å². The van der Waals surface area contributed by atoms with Gasteiger partial charge in [-0.3, -0.25) is 9.89 Å². The molecule has 0 atom stereocenters. The monoisotopic (exact) mass is 445 g/mol. The van der Waals surface area contributed by atoms with Crippen LogP contribution in [0.2, 0.25) is 0 Å². The van der Waals surface area contributed by atoms with Gasteiger partial charge in [-0.1, -0.05) is 12.1 Å². The molecule has 0 radical (unpaired) electrons. The predicted molar refractivity (Wildman–Crippen MR) is 122 cm³/mol. The molecule has 0 bridgehead atoms. The highest BCUT2D eigenvalue weighted by Gasteiger charge is 2.19. The largest absolute Gasteiger partial charge is 0.355 e. The van der Waals surface area contributed by atoms with Crippen LogP contribution in [0.1, 0.15) is 27.0 Å². The summed E-state index contributed by atoms with van der Waals surface area (Å²) in [5.74, 6) is -1.64. The summed E-state index contributed by atoms with van der Waals surface area (Å²) in [4.78, 5) is 11.8. The van der Waals surface area contributed by atoms with E-state index in [1.165, 1.54) is 25.2 Å². The molecule has 1 amide bonds. The Bertz CT molecular complexity index is 1410. The van der Waals surface area contributed by atoms with Crippen LogP contribution in [0.4, 0.5) is 8.78 Å². The molecule has 0 unspecified atom stereocenters. The number of aromatic amines is 1. The summed E-state index contributed by atoms with van der Waals surface area (Å²) in [7, 11) is 3.21. The summed E-state index contributed by atoms with van der Waals surface area (Å²) in [6.07, 6.45) is 0. The molecule has 0 aliphatic heterocycles. The zero-order chi connectivity index (χ0) is 23.7. The molecular formula is C25H21F2N5O. The van der Waals surface area contributed by atoms with Crippen molar-refractivity contribution < 1.29 is 13.6 Å². The minimum Gasteiger partial charge on any atom is -0.355 e. The van der Waals surface area contributed by atoms with Crippen LogP contribution in [0.25, 0.3) is 33.3 Å². The molecule has 4 aromatic rings. The quantitative estimate of drug-likeness (QED) is 0.424. The molecule has 0 spiro atoms. The number of benzene rings is 3. The van der Waals surface area contributed by atoms with Gasteiger partial charge in [0, 0.05) is 35.7 Å². The molecule has 0 aliphatic carbocycles. The summed E-state index contributed by atoms with van der Waals surface area (Å²) in [5.41, 5.74) is 3.92. The molecule has 0 saturated carbocycles. The van der Waals surface area contributed by atoms with Crippen LogP contribution in [0.15, 0.2) is 42.5 Å². The van der Waals surface area contributed by atoms with Crippen LogP contribution >= 0.6 is 0 Å². The number of rotatable bonds is 5. The van der Waals surface area contributed by atoms with Crippen LogP contribution in [0, 0.1) is 29.9 Å². The molecule has 0 aliphatic rings. The number of halogens is 2. The minimum atomic E-state index is -0.682. The Morgan fingerprint density at radius 2 is 1.91 bits per heavy atom. The lowest BCUT2D eigenvalue weighted by atomic mass is 9.92. The van der Waals surface area contributed by atoms with Crippen molar-refractivity contribution in [3.63, 3.8) is 0 Å². The van der Waals surface area contributed by atoms with Gasteiger partial charge in [0.15, 0.2) is 0 Å². The number of carbonyl (C=O) groups is 1. The highest BCUT2D eigenvalue weighted by atomic mass is 19.1. The molecule has 1 heterocycles. The highest BCUT2D eigenvalue weighted by Crippen LogP contribution is 2.36. The second-order valence-electron chi connectivity index (χ2n) is 7.70. The van der Waals surface area contributed by atoms with Crippen LogP contribution in [0.5, 0.6) is 0 Å². The molecule has 33 heavy (non-hydrogen) atoms.